The second-order valence-electron chi connectivity index (χ2n) is 4.98. The Bertz CT molecular complexity index is 918. The number of nitrogens with zero attached hydrogens (tertiary/aromatic N) is 2. The number of hydrogen-bond acceptors (Lipinski definition) is 6. The van der Waals surface area contributed by atoms with Crippen molar-refractivity contribution in [2.75, 3.05) is 18.6 Å². The van der Waals surface area contributed by atoms with Gasteiger partial charge in [0.15, 0.2) is 15.0 Å². The van der Waals surface area contributed by atoms with Crippen molar-refractivity contribution in [3.63, 3.8) is 0 Å². The fourth-order valence-corrected chi connectivity index (χ4v) is 3.76. The van der Waals surface area contributed by atoms with Crippen LogP contribution in [-0.4, -0.2) is 31.7 Å². The molecule has 0 aliphatic heterocycles. The molecular weight excluding hydrogens is 330 g/mol. The van der Waals surface area contributed by atoms with E-state index in [1.807, 2.05) is 31.3 Å². The van der Waals surface area contributed by atoms with Gasteiger partial charge < -0.3 is 5.32 Å². The highest BCUT2D eigenvalue weighted by Gasteiger charge is 2.15. The molecular formula is C16H15N3O2S2. The highest BCUT2D eigenvalue weighted by Crippen LogP contribution is 2.38. The van der Waals surface area contributed by atoms with Gasteiger partial charge in [0, 0.05) is 31.3 Å². The summed E-state index contributed by atoms with van der Waals surface area (Å²) in [6, 6.07) is 10.7. The SMILES string of the molecule is CNc1nc(-c2ccncc2)c(-c2ccc(S(C)(=O)=O)cc2)s1. The van der Waals surface area contributed by atoms with Crippen molar-refractivity contribution in [2.24, 2.45) is 0 Å². The molecule has 2 aromatic heterocycles. The first-order valence-corrected chi connectivity index (χ1v) is 9.59. The lowest BCUT2D eigenvalue weighted by Crippen LogP contribution is -1.96. The third-order valence-corrected chi connectivity index (χ3v) is 5.59. The Morgan fingerprint density at radius 3 is 2.22 bits per heavy atom. The van der Waals surface area contributed by atoms with Crippen molar-refractivity contribution in [2.45, 2.75) is 4.90 Å². The number of benzene rings is 1. The molecule has 0 unspecified atom stereocenters. The van der Waals surface area contributed by atoms with Gasteiger partial charge in [-0.2, -0.15) is 0 Å². The maximum absolute atomic E-state index is 11.6. The largest absolute Gasteiger partial charge is 0.365 e. The van der Waals surface area contributed by atoms with Crippen molar-refractivity contribution in [1.29, 1.82) is 0 Å². The molecule has 3 aromatic rings. The molecule has 2 heterocycles. The van der Waals surface area contributed by atoms with Crippen LogP contribution in [0.4, 0.5) is 5.13 Å². The highest BCUT2D eigenvalue weighted by molar-refractivity contribution is 7.90. The summed E-state index contributed by atoms with van der Waals surface area (Å²) in [4.78, 5) is 9.94. The van der Waals surface area contributed by atoms with E-state index >= 15 is 0 Å². The number of aromatic nitrogens is 2. The van der Waals surface area contributed by atoms with Crippen molar-refractivity contribution in [3.05, 3.63) is 48.8 Å². The van der Waals surface area contributed by atoms with Gasteiger partial charge in [-0.1, -0.05) is 23.5 Å². The quantitative estimate of drug-likeness (QED) is 0.785. The zero-order valence-electron chi connectivity index (χ0n) is 12.6. The van der Waals surface area contributed by atoms with E-state index < -0.39 is 9.84 Å². The Balaban J connectivity index is 2.11. The van der Waals surface area contributed by atoms with Crippen LogP contribution in [0.1, 0.15) is 0 Å². The normalized spacial score (nSPS) is 11.4. The fourth-order valence-electron chi connectivity index (χ4n) is 2.18. The molecule has 7 heteroatoms. The molecule has 118 valence electrons. The molecule has 1 N–H and O–H groups in total. The first-order chi connectivity index (χ1) is 11.0. The molecule has 23 heavy (non-hydrogen) atoms. The van der Waals surface area contributed by atoms with Gasteiger partial charge in [0.1, 0.15) is 0 Å². The van der Waals surface area contributed by atoms with E-state index in [4.69, 9.17) is 0 Å². The van der Waals surface area contributed by atoms with Crippen LogP contribution >= 0.6 is 11.3 Å². The van der Waals surface area contributed by atoms with Crippen LogP contribution in [0.25, 0.3) is 21.7 Å². The zero-order valence-corrected chi connectivity index (χ0v) is 14.3. The fraction of sp³-hybridized carbons (Fsp3) is 0.125. The van der Waals surface area contributed by atoms with Crippen LogP contribution in [0.5, 0.6) is 0 Å². The average Bonchev–Trinajstić information content (AvgIpc) is 2.99. The summed E-state index contributed by atoms with van der Waals surface area (Å²) in [5, 5.41) is 3.86. The van der Waals surface area contributed by atoms with Gasteiger partial charge in [-0.05, 0) is 29.8 Å². The van der Waals surface area contributed by atoms with Crippen molar-refractivity contribution >= 4 is 26.3 Å². The van der Waals surface area contributed by atoms with E-state index in [1.54, 1.807) is 24.5 Å². The molecule has 0 spiro atoms. The van der Waals surface area contributed by atoms with Gasteiger partial charge in [-0.25, -0.2) is 13.4 Å². The number of rotatable bonds is 4. The number of hydrogen-bond donors (Lipinski definition) is 1. The van der Waals surface area contributed by atoms with Crippen molar-refractivity contribution in [3.8, 4) is 21.7 Å². The third kappa shape index (κ3) is 3.25. The lowest BCUT2D eigenvalue weighted by Gasteiger charge is -2.04. The molecule has 0 aliphatic rings. The second-order valence-corrected chi connectivity index (χ2v) is 7.99. The van der Waals surface area contributed by atoms with E-state index in [9.17, 15) is 8.42 Å². The van der Waals surface area contributed by atoms with Gasteiger partial charge in [0.25, 0.3) is 0 Å². The molecule has 0 saturated carbocycles. The van der Waals surface area contributed by atoms with Crippen LogP contribution < -0.4 is 5.32 Å². The summed E-state index contributed by atoms with van der Waals surface area (Å²) in [6.45, 7) is 0. The number of thiazole rings is 1. The minimum atomic E-state index is -3.20. The standard InChI is InChI=1S/C16H15N3O2S2/c1-17-16-19-14(11-7-9-18-10-8-11)15(22-16)12-3-5-13(6-4-12)23(2,20)21/h3-10H,1-2H3,(H,17,19). The third-order valence-electron chi connectivity index (χ3n) is 3.34. The van der Waals surface area contributed by atoms with E-state index in [1.165, 1.54) is 17.6 Å². The second kappa shape index (κ2) is 6.10. The number of nitrogens with one attached hydrogen (secondary N) is 1. The minimum absolute atomic E-state index is 0.310. The zero-order chi connectivity index (χ0) is 16.4. The average molecular weight is 345 g/mol. The first kappa shape index (κ1) is 15.6. The molecule has 0 atom stereocenters. The lowest BCUT2D eigenvalue weighted by atomic mass is 10.1. The van der Waals surface area contributed by atoms with E-state index in [2.05, 4.69) is 15.3 Å². The molecule has 0 bridgehead atoms. The monoisotopic (exact) mass is 345 g/mol. The topological polar surface area (TPSA) is 72.0 Å². The smallest absolute Gasteiger partial charge is 0.183 e. The van der Waals surface area contributed by atoms with Gasteiger partial charge >= 0.3 is 0 Å². The molecule has 0 aliphatic carbocycles. The summed E-state index contributed by atoms with van der Waals surface area (Å²) < 4.78 is 23.2. The van der Waals surface area contributed by atoms with Crippen LogP contribution in [0.2, 0.25) is 0 Å². The minimum Gasteiger partial charge on any atom is -0.365 e. The van der Waals surface area contributed by atoms with Crippen LogP contribution in [0.3, 0.4) is 0 Å². The number of pyridine rings is 1. The molecule has 0 fully saturated rings. The van der Waals surface area contributed by atoms with E-state index in [0.717, 1.165) is 26.8 Å². The Labute approximate surface area is 139 Å². The number of anilines is 1. The van der Waals surface area contributed by atoms with E-state index in [-0.39, 0.29) is 0 Å². The Morgan fingerprint density at radius 2 is 1.65 bits per heavy atom. The van der Waals surface area contributed by atoms with Crippen LogP contribution in [0.15, 0.2) is 53.7 Å². The molecule has 1 aromatic carbocycles. The van der Waals surface area contributed by atoms with Gasteiger partial charge in [0.05, 0.1) is 15.5 Å². The van der Waals surface area contributed by atoms with Crippen LogP contribution in [-0.2, 0) is 9.84 Å². The summed E-state index contributed by atoms with van der Waals surface area (Å²) in [5.41, 5.74) is 2.76. The molecule has 0 saturated heterocycles. The molecule has 0 radical (unpaired) electrons. The summed E-state index contributed by atoms with van der Waals surface area (Å²) in [7, 11) is -1.37. The van der Waals surface area contributed by atoms with Gasteiger partial charge in [0.2, 0.25) is 0 Å². The predicted octanol–water partition coefficient (Wildman–Crippen LogP) is 3.32. The van der Waals surface area contributed by atoms with Crippen LogP contribution in [0, 0.1) is 0 Å². The first-order valence-electron chi connectivity index (χ1n) is 6.88. The van der Waals surface area contributed by atoms with E-state index in [0.29, 0.717) is 4.90 Å². The van der Waals surface area contributed by atoms with Crippen molar-refractivity contribution in [1.82, 2.24) is 9.97 Å². The Hall–Kier alpha value is -2.25. The maximum Gasteiger partial charge on any atom is 0.183 e. The highest BCUT2D eigenvalue weighted by atomic mass is 32.2. The van der Waals surface area contributed by atoms with Gasteiger partial charge in [-0.15, -0.1) is 0 Å². The molecule has 0 amide bonds. The number of sulfone groups is 1. The Morgan fingerprint density at radius 1 is 1.00 bits per heavy atom. The van der Waals surface area contributed by atoms with Crippen molar-refractivity contribution < 1.29 is 8.42 Å². The maximum atomic E-state index is 11.6. The Kier molecular flexibility index (Phi) is 4.14. The summed E-state index contributed by atoms with van der Waals surface area (Å²) in [6.07, 6.45) is 4.66. The molecule has 5 nitrogen and oxygen atoms in total. The predicted molar refractivity (Wildman–Crippen MR) is 93.4 cm³/mol. The summed E-state index contributed by atoms with van der Waals surface area (Å²) >= 11 is 1.53. The molecule has 3 rings (SSSR count). The summed E-state index contributed by atoms with van der Waals surface area (Å²) in [5.74, 6) is 0. The lowest BCUT2D eigenvalue weighted by molar-refractivity contribution is 0.602. The van der Waals surface area contributed by atoms with Gasteiger partial charge in [-0.3, -0.25) is 4.98 Å².